The van der Waals surface area contributed by atoms with E-state index in [0.29, 0.717) is 26.1 Å². The van der Waals surface area contributed by atoms with E-state index in [0.717, 1.165) is 22.3 Å². The minimum Gasteiger partial charge on any atom is -0.377 e. The summed E-state index contributed by atoms with van der Waals surface area (Å²) in [6, 6.07) is 40.5. The zero-order chi connectivity index (χ0) is 25.7. The van der Waals surface area contributed by atoms with Crippen LogP contribution in [0.2, 0.25) is 0 Å². The second-order valence-electron chi connectivity index (χ2n) is 9.21. The fraction of sp³-hybridized carbons (Fsp3) is 0.206. The summed E-state index contributed by atoms with van der Waals surface area (Å²) in [5.41, 5.74) is 4.39. The molecule has 0 saturated carbocycles. The van der Waals surface area contributed by atoms with Crippen LogP contribution in [0.1, 0.15) is 41.6 Å². The molecule has 0 aliphatic rings. The molecule has 3 nitrogen and oxygen atoms in total. The lowest BCUT2D eigenvalue weighted by Gasteiger charge is -2.36. The van der Waals surface area contributed by atoms with Gasteiger partial charge in [0.05, 0.1) is 25.1 Å². The van der Waals surface area contributed by atoms with Gasteiger partial charge in [-0.3, -0.25) is 4.79 Å². The molecule has 0 spiro atoms. The highest BCUT2D eigenvalue weighted by Crippen LogP contribution is 2.26. The maximum atomic E-state index is 13.9. The zero-order valence-corrected chi connectivity index (χ0v) is 21.4. The van der Waals surface area contributed by atoms with Crippen LogP contribution in [0.15, 0.2) is 127 Å². The number of hydrogen-bond acceptors (Lipinski definition) is 2. The molecule has 37 heavy (non-hydrogen) atoms. The van der Waals surface area contributed by atoms with E-state index in [1.807, 2.05) is 89.8 Å². The van der Waals surface area contributed by atoms with E-state index in [4.69, 9.17) is 4.74 Å². The van der Waals surface area contributed by atoms with E-state index < -0.39 is 0 Å². The van der Waals surface area contributed by atoms with E-state index in [-0.39, 0.29) is 18.0 Å². The predicted molar refractivity (Wildman–Crippen MR) is 152 cm³/mol. The van der Waals surface area contributed by atoms with Gasteiger partial charge in [-0.2, -0.15) is 0 Å². The highest BCUT2D eigenvalue weighted by molar-refractivity contribution is 5.80. The van der Waals surface area contributed by atoms with Gasteiger partial charge in [-0.25, -0.2) is 0 Å². The Labute approximate surface area is 221 Å². The molecule has 4 aromatic rings. The molecule has 0 aromatic heterocycles. The molecule has 0 bridgehead atoms. The van der Waals surface area contributed by atoms with E-state index in [2.05, 4.69) is 55.5 Å². The number of hydrogen-bond donors (Lipinski definition) is 0. The molecule has 2 atom stereocenters. The van der Waals surface area contributed by atoms with Gasteiger partial charge in [0.15, 0.2) is 0 Å². The summed E-state index contributed by atoms with van der Waals surface area (Å²) >= 11 is 0. The molecule has 0 aliphatic carbocycles. The molecule has 4 rings (SSSR count). The van der Waals surface area contributed by atoms with E-state index >= 15 is 0 Å². The van der Waals surface area contributed by atoms with E-state index in [1.165, 1.54) is 0 Å². The number of carbonyl (C=O) groups excluding carboxylic acids is 1. The fourth-order valence-electron chi connectivity index (χ4n) is 4.52. The zero-order valence-electron chi connectivity index (χ0n) is 21.4. The Morgan fingerprint density at radius 3 is 1.92 bits per heavy atom. The maximum absolute atomic E-state index is 13.9. The number of amides is 1. The topological polar surface area (TPSA) is 29.5 Å². The first-order valence-electron chi connectivity index (χ1n) is 13.0. The van der Waals surface area contributed by atoms with Gasteiger partial charge in [0, 0.05) is 6.61 Å². The molecule has 3 heteroatoms. The standard InChI is InChI=1S/C34H35NO2/c1-28(32-20-12-5-13-21-32)35(34(36)26-30-16-8-3-9-17-30)33(23-22-29-14-6-2-7-15-29)24-25-37-27-31-18-10-4-11-19-31/h2-23,28,33H,24-27H2,1H3/b23-22+/t28-,33-/m1/s1. The van der Waals surface area contributed by atoms with Gasteiger partial charge in [-0.1, -0.05) is 133 Å². The van der Waals surface area contributed by atoms with Gasteiger partial charge in [-0.15, -0.1) is 0 Å². The second kappa shape index (κ2) is 14.0. The molecule has 0 N–H and O–H groups in total. The maximum Gasteiger partial charge on any atom is 0.227 e. The van der Waals surface area contributed by atoms with Crippen LogP contribution in [0.4, 0.5) is 0 Å². The number of carbonyl (C=O) groups is 1. The minimum absolute atomic E-state index is 0.0861. The van der Waals surface area contributed by atoms with Crippen molar-refractivity contribution >= 4 is 12.0 Å². The summed E-state index contributed by atoms with van der Waals surface area (Å²) in [5, 5.41) is 0. The van der Waals surface area contributed by atoms with Crippen molar-refractivity contribution in [3.63, 3.8) is 0 Å². The van der Waals surface area contributed by atoms with Crippen molar-refractivity contribution in [3.8, 4) is 0 Å². The summed E-state index contributed by atoms with van der Waals surface area (Å²) in [4.78, 5) is 15.9. The molecule has 0 saturated heterocycles. The molecule has 4 aromatic carbocycles. The van der Waals surface area contributed by atoms with E-state index in [9.17, 15) is 4.79 Å². The molecule has 1 amide bonds. The van der Waals surface area contributed by atoms with Crippen molar-refractivity contribution in [3.05, 3.63) is 150 Å². The van der Waals surface area contributed by atoms with Crippen LogP contribution in [0.5, 0.6) is 0 Å². The van der Waals surface area contributed by atoms with Crippen LogP contribution < -0.4 is 0 Å². The quantitative estimate of drug-likeness (QED) is 0.193. The minimum atomic E-state index is -0.123. The Morgan fingerprint density at radius 2 is 1.30 bits per heavy atom. The molecular weight excluding hydrogens is 454 g/mol. The molecule has 0 radical (unpaired) electrons. The van der Waals surface area contributed by atoms with Crippen molar-refractivity contribution in [2.24, 2.45) is 0 Å². The molecule has 0 unspecified atom stereocenters. The molecule has 0 aliphatic heterocycles. The summed E-state index contributed by atoms with van der Waals surface area (Å²) in [6.07, 6.45) is 5.33. The summed E-state index contributed by atoms with van der Waals surface area (Å²) in [5.74, 6) is 0.105. The average molecular weight is 490 g/mol. The number of ether oxygens (including phenoxy) is 1. The first-order chi connectivity index (χ1) is 18.2. The number of benzene rings is 4. The van der Waals surface area contributed by atoms with Crippen molar-refractivity contribution < 1.29 is 9.53 Å². The van der Waals surface area contributed by atoms with Gasteiger partial charge < -0.3 is 9.64 Å². The molecule has 188 valence electrons. The van der Waals surface area contributed by atoms with Crippen LogP contribution in [0, 0.1) is 0 Å². The summed E-state index contributed by atoms with van der Waals surface area (Å²) in [6.45, 7) is 3.23. The van der Waals surface area contributed by atoms with Crippen molar-refractivity contribution in [2.45, 2.75) is 38.5 Å². The smallest absolute Gasteiger partial charge is 0.227 e. The van der Waals surface area contributed by atoms with Crippen molar-refractivity contribution in [1.29, 1.82) is 0 Å². The number of rotatable bonds is 12. The van der Waals surface area contributed by atoms with Gasteiger partial charge >= 0.3 is 0 Å². The lowest BCUT2D eigenvalue weighted by Crippen LogP contribution is -2.42. The van der Waals surface area contributed by atoms with Gasteiger partial charge in [0.2, 0.25) is 5.91 Å². The van der Waals surface area contributed by atoms with Crippen LogP contribution in [-0.2, 0) is 22.6 Å². The Balaban J connectivity index is 1.59. The molecule has 0 heterocycles. The Hall–Kier alpha value is -3.95. The first-order valence-corrected chi connectivity index (χ1v) is 13.0. The largest absolute Gasteiger partial charge is 0.377 e. The van der Waals surface area contributed by atoms with Crippen molar-refractivity contribution in [1.82, 2.24) is 4.90 Å². The van der Waals surface area contributed by atoms with Crippen LogP contribution >= 0.6 is 0 Å². The summed E-state index contributed by atoms with van der Waals surface area (Å²) in [7, 11) is 0. The third kappa shape index (κ3) is 8.03. The van der Waals surface area contributed by atoms with Gasteiger partial charge in [0.25, 0.3) is 0 Å². The third-order valence-corrected chi connectivity index (χ3v) is 6.52. The van der Waals surface area contributed by atoms with Crippen molar-refractivity contribution in [2.75, 3.05) is 6.61 Å². The normalized spacial score (nSPS) is 12.8. The van der Waals surface area contributed by atoms with Gasteiger partial charge in [0.1, 0.15) is 0 Å². The SMILES string of the molecule is C[C@H](c1ccccc1)N(C(=O)Cc1ccccc1)[C@H](/C=C/c1ccccc1)CCOCc1ccccc1. The van der Waals surface area contributed by atoms with Crippen LogP contribution in [0.25, 0.3) is 6.08 Å². The highest BCUT2D eigenvalue weighted by atomic mass is 16.5. The van der Waals surface area contributed by atoms with Crippen LogP contribution in [-0.4, -0.2) is 23.5 Å². The lowest BCUT2D eigenvalue weighted by molar-refractivity contribution is -0.134. The Kier molecular flexibility index (Phi) is 9.85. The third-order valence-electron chi connectivity index (χ3n) is 6.52. The average Bonchev–Trinajstić information content (AvgIpc) is 2.95. The first kappa shape index (κ1) is 26.1. The summed E-state index contributed by atoms with van der Waals surface area (Å²) < 4.78 is 6.06. The van der Waals surface area contributed by atoms with Crippen LogP contribution in [0.3, 0.4) is 0 Å². The Morgan fingerprint density at radius 1 is 0.757 bits per heavy atom. The second-order valence-corrected chi connectivity index (χ2v) is 9.21. The van der Waals surface area contributed by atoms with Gasteiger partial charge in [-0.05, 0) is 35.6 Å². The molecule has 0 fully saturated rings. The highest BCUT2D eigenvalue weighted by Gasteiger charge is 2.28. The van der Waals surface area contributed by atoms with E-state index in [1.54, 1.807) is 0 Å². The number of nitrogens with zero attached hydrogens (tertiary/aromatic N) is 1. The monoisotopic (exact) mass is 489 g/mol. The lowest BCUT2D eigenvalue weighted by atomic mass is 10.0. The molecular formula is C34H35NO2. The predicted octanol–water partition coefficient (Wildman–Crippen LogP) is 7.51. The Bertz CT molecular complexity index is 1220. The fourth-order valence-corrected chi connectivity index (χ4v) is 4.52.